The summed E-state index contributed by atoms with van der Waals surface area (Å²) >= 11 is 6.15. The van der Waals surface area contributed by atoms with Gasteiger partial charge in [0.05, 0.1) is 11.7 Å². The van der Waals surface area contributed by atoms with Crippen LogP contribution in [0, 0.1) is 6.92 Å². The molecule has 0 saturated carbocycles. The molecule has 1 unspecified atom stereocenters. The lowest BCUT2D eigenvalue weighted by molar-refractivity contribution is 0.301. The van der Waals surface area contributed by atoms with E-state index in [9.17, 15) is 0 Å². The lowest BCUT2D eigenvalue weighted by Gasteiger charge is -2.20. The fourth-order valence-electron chi connectivity index (χ4n) is 1.39. The Morgan fingerprint density at radius 1 is 1.57 bits per heavy atom. The van der Waals surface area contributed by atoms with E-state index in [1.54, 1.807) is 0 Å². The second kappa shape index (κ2) is 4.29. The van der Waals surface area contributed by atoms with Crippen molar-refractivity contribution < 1.29 is 0 Å². The van der Waals surface area contributed by atoms with Crippen molar-refractivity contribution in [2.75, 3.05) is 20.6 Å². The number of hydrogen-bond donors (Lipinski definition) is 1. The topological polar surface area (TPSA) is 47.1 Å². The van der Waals surface area contributed by atoms with Gasteiger partial charge < -0.3 is 10.3 Å². The van der Waals surface area contributed by atoms with E-state index in [1.165, 1.54) is 0 Å². The number of aromatic nitrogens is 2. The van der Waals surface area contributed by atoms with Crippen molar-refractivity contribution in [1.29, 1.82) is 0 Å². The van der Waals surface area contributed by atoms with Crippen LogP contribution in [0.1, 0.15) is 17.6 Å². The van der Waals surface area contributed by atoms with Crippen LogP contribution in [-0.4, -0.2) is 35.1 Å². The van der Waals surface area contributed by atoms with Crippen LogP contribution in [0.2, 0.25) is 5.15 Å². The first kappa shape index (κ1) is 11.5. The van der Waals surface area contributed by atoms with Gasteiger partial charge in [-0.05, 0) is 21.0 Å². The van der Waals surface area contributed by atoms with Crippen LogP contribution in [0.15, 0.2) is 0 Å². The number of aryl methyl sites for hydroxylation is 1. The zero-order valence-electron chi connectivity index (χ0n) is 9.08. The smallest absolute Gasteiger partial charge is 0.133 e. The molecule has 4 nitrogen and oxygen atoms in total. The van der Waals surface area contributed by atoms with E-state index in [4.69, 9.17) is 17.3 Å². The van der Waals surface area contributed by atoms with Crippen LogP contribution >= 0.6 is 11.6 Å². The summed E-state index contributed by atoms with van der Waals surface area (Å²) in [7, 11) is 5.84. The standard InChI is InChI=1S/C9H17ClN4/c1-6-12-8(9(10)14(6)4)7(5-11)13(2)3/h7H,5,11H2,1-4H3. The van der Waals surface area contributed by atoms with E-state index in [-0.39, 0.29) is 6.04 Å². The van der Waals surface area contributed by atoms with Gasteiger partial charge in [-0.1, -0.05) is 11.6 Å². The Morgan fingerprint density at radius 3 is 2.43 bits per heavy atom. The predicted molar refractivity (Wildman–Crippen MR) is 58.4 cm³/mol. The third-order valence-electron chi connectivity index (χ3n) is 2.44. The average molecular weight is 217 g/mol. The van der Waals surface area contributed by atoms with Gasteiger partial charge in [0.2, 0.25) is 0 Å². The zero-order valence-corrected chi connectivity index (χ0v) is 9.84. The first-order valence-electron chi connectivity index (χ1n) is 4.54. The molecule has 0 aromatic carbocycles. The maximum Gasteiger partial charge on any atom is 0.133 e. The molecule has 0 spiro atoms. The number of nitrogens with zero attached hydrogens (tertiary/aromatic N) is 3. The second-order valence-corrected chi connectivity index (χ2v) is 3.97. The SMILES string of the molecule is Cc1nc(C(CN)N(C)C)c(Cl)n1C. The Morgan fingerprint density at radius 2 is 2.14 bits per heavy atom. The third kappa shape index (κ3) is 1.92. The van der Waals surface area contributed by atoms with Gasteiger partial charge in [-0.3, -0.25) is 4.90 Å². The predicted octanol–water partition coefficient (Wildman–Crippen LogP) is 0.943. The van der Waals surface area contributed by atoms with E-state index in [0.29, 0.717) is 11.7 Å². The normalized spacial score (nSPS) is 13.6. The molecule has 0 amide bonds. The van der Waals surface area contributed by atoms with Crippen LogP contribution in [0.25, 0.3) is 0 Å². The van der Waals surface area contributed by atoms with Crippen molar-refractivity contribution >= 4 is 11.6 Å². The quantitative estimate of drug-likeness (QED) is 0.818. The van der Waals surface area contributed by atoms with Crippen molar-refractivity contribution in [2.45, 2.75) is 13.0 Å². The zero-order chi connectivity index (χ0) is 10.9. The van der Waals surface area contributed by atoms with Crippen molar-refractivity contribution in [3.63, 3.8) is 0 Å². The molecule has 0 bridgehead atoms. The van der Waals surface area contributed by atoms with E-state index < -0.39 is 0 Å². The molecule has 0 aliphatic heterocycles. The maximum absolute atomic E-state index is 6.15. The van der Waals surface area contributed by atoms with Crippen LogP contribution in [0.3, 0.4) is 0 Å². The lowest BCUT2D eigenvalue weighted by Crippen LogP contribution is -2.27. The molecule has 0 saturated heterocycles. The summed E-state index contributed by atoms with van der Waals surface area (Å²) in [5, 5.41) is 0.673. The minimum Gasteiger partial charge on any atom is -0.329 e. The average Bonchev–Trinajstić information content (AvgIpc) is 2.35. The lowest BCUT2D eigenvalue weighted by atomic mass is 10.2. The molecular formula is C9H17ClN4. The van der Waals surface area contributed by atoms with Gasteiger partial charge in [0.25, 0.3) is 0 Å². The van der Waals surface area contributed by atoms with Gasteiger partial charge in [-0.15, -0.1) is 0 Å². The highest BCUT2D eigenvalue weighted by Gasteiger charge is 2.20. The van der Waals surface area contributed by atoms with Gasteiger partial charge >= 0.3 is 0 Å². The molecule has 80 valence electrons. The molecular weight excluding hydrogens is 200 g/mol. The Balaban J connectivity index is 3.11. The fourth-order valence-corrected chi connectivity index (χ4v) is 1.68. The molecule has 1 rings (SSSR count). The number of likely N-dealkylation sites (N-methyl/N-ethyl adjacent to an activating group) is 1. The van der Waals surface area contributed by atoms with Gasteiger partial charge in [0.15, 0.2) is 0 Å². The van der Waals surface area contributed by atoms with Gasteiger partial charge in [0, 0.05) is 13.6 Å². The van der Waals surface area contributed by atoms with Crippen molar-refractivity contribution in [3.05, 3.63) is 16.7 Å². The maximum atomic E-state index is 6.15. The van der Waals surface area contributed by atoms with E-state index in [2.05, 4.69) is 4.98 Å². The highest BCUT2D eigenvalue weighted by Crippen LogP contribution is 2.24. The molecule has 0 fully saturated rings. The second-order valence-electron chi connectivity index (χ2n) is 3.61. The van der Waals surface area contributed by atoms with E-state index >= 15 is 0 Å². The minimum absolute atomic E-state index is 0.0856. The summed E-state index contributed by atoms with van der Waals surface area (Å²) in [6.45, 7) is 2.45. The van der Waals surface area contributed by atoms with Gasteiger partial charge in [-0.2, -0.15) is 0 Å². The van der Waals surface area contributed by atoms with Crippen LogP contribution < -0.4 is 5.73 Å². The Bertz CT molecular complexity index is 319. The molecule has 0 aliphatic rings. The van der Waals surface area contributed by atoms with Crippen molar-refractivity contribution in [2.24, 2.45) is 12.8 Å². The molecule has 14 heavy (non-hydrogen) atoms. The summed E-state index contributed by atoms with van der Waals surface area (Å²) in [6, 6.07) is 0.0856. The summed E-state index contributed by atoms with van der Waals surface area (Å²) in [4.78, 5) is 6.43. The van der Waals surface area contributed by atoms with Gasteiger partial charge in [-0.25, -0.2) is 4.98 Å². The molecule has 5 heteroatoms. The first-order valence-corrected chi connectivity index (χ1v) is 4.92. The minimum atomic E-state index is 0.0856. The molecule has 1 aromatic rings. The van der Waals surface area contributed by atoms with Crippen LogP contribution in [0.4, 0.5) is 0 Å². The summed E-state index contributed by atoms with van der Waals surface area (Å²) in [5.41, 5.74) is 6.54. The Labute approximate surface area is 89.7 Å². The summed E-state index contributed by atoms with van der Waals surface area (Å²) in [5.74, 6) is 0.908. The molecule has 1 aromatic heterocycles. The molecule has 1 atom stereocenters. The summed E-state index contributed by atoms with van der Waals surface area (Å²) in [6.07, 6.45) is 0. The Hall–Kier alpha value is -0.580. The van der Waals surface area contributed by atoms with Crippen molar-refractivity contribution in [3.8, 4) is 0 Å². The first-order chi connectivity index (χ1) is 6.49. The van der Waals surface area contributed by atoms with Crippen LogP contribution in [0.5, 0.6) is 0 Å². The number of imidazole rings is 1. The van der Waals surface area contributed by atoms with Crippen molar-refractivity contribution in [1.82, 2.24) is 14.5 Å². The van der Waals surface area contributed by atoms with E-state index in [1.807, 2.05) is 37.5 Å². The van der Waals surface area contributed by atoms with E-state index in [0.717, 1.165) is 11.5 Å². The highest BCUT2D eigenvalue weighted by molar-refractivity contribution is 6.30. The van der Waals surface area contributed by atoms with Gasteiger partial charge in [0.1, 0.15) is 11.0 Å². The monoisotopic (exact) mass is 216 g/mol. The Kier molecular flexibility index (Phi) is 3.53. The number of nitrogens with two attached hydrogens (primary N) is 1. The largest absolute Gasteiger partial charge is 0.329 e. The number of halogens is 1. The molecule has 0 radical (unpaired) electrons. The number of hydrogen-bond acceptors (Lipinski definition) is 3. The molecule has 1 heterocycles. The highest BCUT2D eigenvalue weighted by atomic mass is 35.5. The third-order valence-corrected chi connectivity index (χ3v) is 2.88. The number of rotatable bonds is 3. The fraction of sp³-hybridized carbons (Fsp3) is 0.667. The molecule has 2 N–H and O–H groups in total. The summed E-state index contributed by atoms with van der Waals surface area (Å²) < 4.78 is 1.86. The molecule has 0 aliphatic carbocycles. The van der Waals surface area contributed by atoms with Crippen LogP contribution in [-0.2, 0) is 7.05 Å².